The number of aromatic carboxylic acids is 1. The second-order valence-electron chi connectivity index (χ2n) is 4.83. The van der Waals surface area contributed by atoms with Crippen LogP contribution in [-0.2, 0) is 22.7 Å². The molecule has 0 spiro atoms. The molecule has 1 unspecified atom stereocenters. The lowest BCUT2D eigenvalue weighted by Crippen LogP contribution is -2.37. The number of rotatable bonds is 2. The lowest BCUT2D eigenvalue weighted by molar-refractivity contribution is -0.126. The molecule has 2 aliphatic rings. The number of fused-ring (bicyclic) bond motifs is 1. The Morgan fingerprint density at radius 1 is 1.26 bits per heavy atom. The fourth-order valence-corrected chi connectivity index (χ4v) is 2.61. The highest BCUT2D eigenvalue weighted by Gasteiger charge is 2.37. The average Bonchev–Trinajstić information content (AvgIpc) is 2.90. The van der Waals surface area contributed by atoms with E-state index in [0.29, 0.717) is 13.1 Å². The van der Waals surface area contributed by atoms with Gasteiger partial charge in [-0.15, -0.1) is 0 Å². The number of amides is 2. The van der Waals surface area contributed by atoms with Gasteiger partial charge in [0.15, 0.2) is 0 Å². The van der Waals surface area contributed by atoms with Gasteiger partial charge in [0.05, 0.1) is 18.0 Å². The summed E-state index contributed by atoms with van der Waals surface area (Å²) in [6.45, 7) is 1.07. The van der Waals surface area contributed by atoms with E-state index in [1.165, 1.54) is 0 Å². The summed E-state index contributed by atoms with van der Waals surface area (Å²) in [7, 11) is 0. The highest BCUT2D eigenvalue weighted by molar-refractivity contribution is 6.05. The van der Waals surface area contributed by atoms with Gasteiger partial charge in [0.1, 0.15) is 0 Å². The Kier molecular flexibility index (Phi) is 2.60. The van der Waals surface area contributed by atoms with Gasteiger partial charge >= 0.3 is 5.97 Å². The van der Waals surface area contributed by atoms with Gasteiger partial charge in [-0.05, 0) is 23.3 Å². The van der Waals surface area contributed by atoms with Crippen LogP contribution in [0.25, 0.3) is 0 Å². The molecule has 1 saturated heterocycles. The van der Waals surface area contributed by atoms with Crippen LogP contribution < -0.4 is 5.32 Å². The van der Waals surface area contributed by atoms with Crippen molar-refractivity contribution in [3.63, 3.8) is 0 Å². The molecule has 1 fully saturated rings. The topological polar surface area (TPSA) is 86.7 Å². The molecular formula is C13H12N2O4. The third-order valence-electron chi connectivity index (χ3n) is 3.58. The molecule has 6 heteroatoms. The van der Waals surface area contributed by atoms with E-state index in [-0.39, 0.29) is 23.8 Å². The summed E-state index contributed by atoms with van der Waals surface area (Å²) in [5, 5.41) is 11.2. The van der Waals surface area contributed by atoms with Gasteiger partial charge in [0.25, 0.3) is 0 Å². The van der Waals surface area contributed by atoms with Crippen molar-refractivity contribution < 1.29 is 19.5 Å². The van der Waals surface area contributed by atoms with Gasteiger partial charge in [0.2, 0.25) is 11.8 Å². The van der Waals surface area contributed by atoms with Gasteiger partial charge in [-0.25, -0.2) is 4.79 Å². The van der Waals surface area contributed by atoms with Crippen molar-refractivity contribution in [1.29, 1.82) is 0 Å². The number of hydrogen-bond acceptors (Lipinski definition) is 4. The van der Waals surface area contributed by atoms with E-state index >= 15 is 0 Å². The summed E-state index contributed by atoms with van der Waals surface area (Å²) in [6, 6.07) is 4.53. The molecule has 19 heavy (non-hydrogen) atoms. The Hall–Kier alpha value is -2.21. The van der Waals surface area contributed by atoms with E-state index in [9.17, 15) is 14.4 Å². The van der Waals surface area contributed by atoms with Crippen LogP contribution in [0.3, 0.4) is 0 Å². The number of hydrogen-bond donors (Lipinski definition) is 2. The monoisotopic (exact) mass is 260 g/mol. The van der Waals surface area contributed by atoms with Crippen LogP contribution in [0.1, 0.15) is 27.9 Å². The lowest BCUT2D eigenvalue weighted by Gasteiger charge is -2.19. The zero-order chi connectivity index (χ0) is 13.6. The van der Waals surface area contributed by atoms with Gasteiger partial charge in [0, 0.05) is 13.1 Å². The third-order valence-corrected chi connectivity index (χ3v) is 3.58. The molecular weight excluding hydrogens is 248 g/mol. The Labute approximate surface area is 109 Å². The number of nitrogens with zero attached hydrogens (tertiary/aromatic N) is 1. The van der Waals surface area contributed by atoms with Crippen molar-refractivity contribution in [2.75, 3.05) is 0 Å². The normalized spacial score (nSPS) is 22.4. The van der Waals surface area contributed by atoms with Gasteiger partial charge in [-0.3, -0.25) is 19.8 Å². The summed E-state index contributed by atoms with van der Waals surface area (Å²) < 4.78 is 0. The number of imide groups is 1. The summed E-state index contributed by atoms with van der Waals surface area (Å²) in [5.74, 6) is -1.48. The quantitative estimate of drug-likeness (QED) is 0.737. The average molecular weight is 260 g/mol. The molecule has 1 atom stereocenters. The fraction of sp³-hybridized carbons (Fsp3) is 0.308. The fourth-order valence-electron chi connectivity index (χ4n) is 2.61. The number of carboxylic acids is 1. The maximum absolute atomic E-state index is 11.6. The van der Waals surface area contributed by atoms with E-state index in [0.717, 1.165) is 11.1 Å². The van der Waals surface area contributed by atoms with Crippen LogP contribution in [0.4, 0.5) is 0 Å². The van der Waals surface area contributed by atoms with E-state index in [1.54, 1.807) is 18.2 Å². The van der Waals surface area contributed by atoms with Gasteiger partial charge in [-0.1, -0.05) is 6.07 Å². The summed E-state index contributed by atoms with van der Waals surface area (Å²) in [4.78, 5) is 35.6. The molecule has 0 radical (unpaired) electrons. The maximum Gasteiger partial charge on any atom is 0.335 e. The minimum Gasteiger partial charge on any atom is -0.478 e. The molecule has 0 bridgehead atoms. The first-order valence-corrected chi connectivity index (χ1v) is 5.97. The zero-order valence-electron chi connectivity index (χ0n) is 10.0. The predicted octanol–water partition coefficient (Wildman–Crippen LogP) is 0.116. The highest BCUT2D eigenvalue weighted by Crippen LogP contribution is 2.27. The number of nitrogens with one attached hydrogen (secondary N) is 1. The van der Waals surface area contributed by atoms with Crippen molar-refractivity contribution in [3.8, 4) is 0 Å². The van der Waals surface area contributed by atoms with Gasteiger partial charge < -0.3 is 5.11 Å². The molecule has 2 aliphatic heterocycles. The minimum atomic E-state index is -0.963. The number of carboxylic acid groups (broad SMARTS) is 1. The Bertz CT molecular complexity index is 596. The van der Waals surface area contributed by atoms with E-state index < -0.39 is 12.0 Å². The van der Waals surface area contributed by atoms with Crippen molar-refractivity contribution in [2.24, 2.45) is 0 Å². The smallest absolute Gasteiger partial charge is 0.335 e. The van der Waals surface area contributed by atoms with E-state index in [1.807, 2.05) is 4.90 Å². The maximum atomic E-state index is 11.6. The number of benzene rings is 1. The molecule has 2 heterocycles. The van der Waals surface area contributed by atoms with Crippen molar-refractivity contribution in [3.05, 3.63) is 34.9 Å². The van der Waals surface area contributed by atoms with Crippen LogP contribution in [0, 0.1) is 0 Å². The van der Waals surface area contributed by atoms with Crippen molar-refractivity contribution in [2.45, 2.75) is 25.6 Å². The van der Waals surface area contributed by atoms with Crippen LogP contribution in [0.2, 0.25) is 0 Å². The van der Waals surface area contributed by atoms with Crippen LogP contribution in [-0.4, -0.2) is 33.8 Å². The molecule has 1 aromatic carbocycles. The van der Waals surface area contributed by atoms with Crippen molar-refractivity contribution >= 4 is 17.8 Å². The molecule has 6 nitrogen and oxygen atoms in total. The van der Waals surface area contributed by atoms with E-state index in [2.05, 4.69) is 5.32 Å². The first kappa shape index (κ1) is 11.9. The predicted molar refractivity (Wildman–Crippen MR) is 64.2 cm³/mol. The number of carbonyl (C=O) groups excluding carboxylic acids is 2. The first-order valence-electron chi connectivity index (χ1n) is 5.97. The molecule has 1 aromatic rings. The standard InChI is InChI=1S/C13H12N2O4/c16-11-4-10(12(17)14-11)15-5-8-2-1-7(13(18)19)3-9(8)6-15/h1-3,10H,4-6H2,(H,18,19)(H,14,16,17). The molecule has 98 valence electrons. The Balaban J connectivity index is 1.82. The molecule has 2 amide bonds. The zero-order valence-corrected chi connectivity index (χ0v) is 10.0. The second-order valence-corrected chi connectivity index (χ2v) is 4.83. The van der Waals surface area contributed by atoms with Crippen LogP contribution in [0.15, 0.2) is 18.2 Å². The second kappa shape index (κ2) is 4.17. The summed E-state index contributed by atoms with van der Waals surface area (Å²) >= 11 is 0. The largest absolute Gasteiger partial charge is 0.478 e. The molecule has 2 N–H and O–H groups in total. The molecule has 0 aromatic heterocycles. The minimum absolute atomic E-state index is 0.179. The lowest BCUT2D eigenvalue weighted by atomic mass is 10.1. The first-order chi connectivity index (χ1) is 9.04. The molecule has 0 saturated carbocycles. The van der Waals surface area contributed by atoms with Crippen LogP contribution in [0.5, 0.6) is 0 Å². The number of carbonyl (C=O) groups is 3. The van der Waals surface area contributed by atoms with Crippen molar-refractivity contribution in [1.82, 2.24) is 10.2 Å². The Morgan fingerprint density at radius 2 is 2.00 bits per heavy atom. The van der Waals surface area contributed by atoms with E-state index in [4.69, 9.17) is 5.11 Å². The van der Waals surface area contributed by atoms with Gasteiger partial charge in [-0.2, -0.15) is 0 Å². The molecule has 3 rings (SSSR count). The third kappa shape index (κ3) is 2.00. The summed E-state index contributed by atoms with van der Waals surface area (Å²) in [5.41, 5.74) is 2.16. The highest BCUT2D eigenvalue weighted by atomic mass is 16.4. The summed E-state index contributed by atoms with van der Waals surface area (Å²) in [6.07, 6.45) is 0.179. The molecule has 0 aliphatic carbocycles. The SMILES string of the molecule is O=C1CC(N2Cc3ccc(C(=O)O)cc3C2)C(=O)N1. The Morgan fingerprint density at radius 3 is 2.63 bits per heavy atom. The van der Waals surface area contributed by atoms with Crippen LogP contribution >= 0.6 is 0 Å².